The van der Waals surface area contributed by atoms with Crippen LogP contribution in [0.25, 0.3) is 0 Å². The predicted octanol–water partition coefficient (Wildman–Crippen LogP) is 2.99. The van der Waals surface area contributed by atoms with Gasteiger partial charge in [0.25, 0.3) is 5.91 Å². The van der Waals surface area contributed by atoms with Gasteiger partial charge in [-0.15, -0.1) is 0 Å². The van der Waals surface area contributed by atoms with Gasteiger partial charge in [0, 0.05) is 16.6 Å². The molecule has 0 spiro atoms. The minimum atomic E-state index is -0.796. The molecule has 0 radical (unpaired) electrons. The second-order valence-corrected chi connectivity index (χ2v) is 5.46. The van der Waals surface area contributed by atoms with E-state index >= 15 is 0 Å². The Hall–Kier alpha value is -1.36. The number of aryl methyl sites for hydroxylation is 1. The third-order valence-corrected chi connectivity index (χ3v) is 3.83. The summed E-state index contributed by atoms with van der Waals surface area (Å²) in [7, 11) is 0. The second-order valence-electron chi connectivity index (χ2n) is 4.60. The molecule has 19 heavy (non-hydrogen) atoms. The number of carboxylic acid groups (broad SMARTS) is 1. The van der Waals surface area contributed by atoms with Crippen LogP contribution in [0.3, 0.4) is 0 Å². The number of halogens is 1. The first-order valence-corrected chi connectivity index (χ1v) is 6.98. The average molecular weight is 328 g/mol. The molecule has 0 aliphatic heterocycles. The number of hydrogen-bond donors (Lipinski definition) is 2. The van der Waals surface area contributed by atoms with E-state index in [2.05, 4.69) is 21.2 Å². The van der Waals surface area contributed by atoms with Crippen LogP contribution in [-0.2, 0) is 4.79 Å². The number of benzene rings is 1. The van der Waals surface area contributed by atoms with Crippen molar-refractivity contribution >= 4 is 27.8 Å². The molecule has 4 nitrogen and oxygen atoms in total. The Kier molecular flexibility index (Phi) is 6.02. The van der Waals surface area contributed by atoms with Crippen molar-refractivity contribution in [3.63, 3.8) is 0 Å². The second kappa shape index (κ2) is 7.28. The van der Waals surface area contributed by atoms with E-state index in [1.165, 1.54) is 0 Å². The Balaban J connectivity index is 2.39. The summed E-state index contributed by atoms with van der Waals surface area (Å²) in [5.41, 5.74) is 1.62. The molecule has 104 valence electrons. The van der Waals surface area contributed by atoms with Crippen molar-refractivity contribution < 1.29 is 14.7 Å². The van der Waals surface area contributed by atoms with E-state index in [-0.39, 0.29) is 11.8 Å². The quantitative estimate of drug-likeness (QED) is 0.789. The molecule has 1 aromatic carbocycles. The zero-order valence-electron chi connectivity index (χ0n) is 11.1. The SMILES string of the molecule is Cc1cc(C(=O)NCCCC(C)C(=O)O)ccc1Br. The van der Waals surface area contributed by atoms with Crippen LogP contribution in [0.4, 0.5) is 0 Å². The number of carbonyl (C=O) groups is 2. The van der Waals surface area contributed by atoms with Gasteiger partial charge in [-0.1, -0.05) is 22.9 Å². The smallest absolute Gasteiger partial charge is 0.306 e. The van der Waals surface area contributed by atoms with E-state index in [1.54, 1.807) is 13.0 Å². The van der Waals surface area contributed by atoms with Crippen molar-refractivity contribution in [2.75, 3.05) is 6.54 Å². The Bertz CT molecular complexity index is 474. The first-order chi connectivity index (χ1) is 8.91. The lowest BCUT2D eigenvalue weighted by Gasteiger charge is -2.08. The molecule has 0 bridgehead atoms. The van der Waals surface area contributed by atoms with E-state index in [9.17, 15) is 9.59 Å². The van der Waals surface area contributed by atoms with E-state index < -0.39 is 5.97 Å². The third-order valence-electron chi connectivity index (χ3n) is 2.94. The van der Waals surface area contributed by atoms with Crippen LogP contribution in [0, 0.1) is 12.8 Å². The summed E-state index contributed by atoms with van der Waals surface area (Å²) in [5.74, 6) is -1.29. The number of rotatable bonds is 6. The highest BCUT2D eigenvalue weighted by Gasteiger charge is 2.11. The number of carbonyl (C=O) groups excluding carboxylic acids is 1. The highest BCUT2D eigenvalue weighted by atomic mass is 79.9. The molecular formula is C14H18BrNO3. The lowest BCUT2D eigenvalue weighted by Crippen LogP contribution is -2.25. The first-order valence-electron chi connectivity index (χ1n) is 6.19. The molecular weight excluding hydrogens is 310 g/mol. The van der Waals surface area contributed by atoms with Gasteiger partial charge >= 0.3 is 5.97 Å². The molecule has 0 aromatic heterocycles. The van der Waals surface area contributed by atoms with Crippen molar-refractivity contribution in [1.29, 1.82) is 0 Å². The van der Waals surface area contributed by atoms with Gasteiger partial charge in [-0.2, -0.15) is 0 Å². The number of carboxylic acids is 1. The van der Waals surface area contributed by atoms with Gasteiger partial charge in [0.15, 0.2) is 0 Å². The Morgan fingerprint density at radius 2 is 2.11 bits per heavy atom. The molecule has 0 fully saturated rings. The van der Waals surface area contributed by atoms with Gasteiger partial charge in [0.1, 0.15) is 0 Å². The van der Waals surface area contributed by atoms with Gasteiger partial charge < -0.3 is 10.4 Å². The van der Waals surface area contributed by atoms with Crippen molar-refractivity contribution in [2.45, 2.75) is 26.7 Å². The maximum atomic E-state index is 11.8. The van der Waals surface area contributed by atoms with Crippen LogP contribution < -0.4 is 5.32 Å². The predicted molar refractivity (Wildman–Crippen MR) is 77.2 cm³/mol. The highest BCUT2D eigenvalue weighted by molar-refractivity contribution is 9.10. The van der Waals surface area contributed by atoms with Gasteiger partial charge in [-0.3, -0.25) is 9.59 Å². The monoisotopic (exact) mass is 327 g/mol. The molecule has 0 saturated carbocycles. The van der Waals surface area contributed by atoms with E-state index in [0.29, 0.717) is 24.9 Å². The minimum Gasteiger partial charge on any atom is -0.481 e. The lowest BCUT2D eigenvalue weighted by atomic mass is 10.1. The summed E-state index contributed by atoms with van der Waals surface area (Å²) in [6, 6.07) is 5.42. The van der Waals surface area contributed by atoms with E-state index in [4.69, 9.17) is 5.11 Å². The zero-order chi connectivity index (χ0) is 14.4. The van der Waals surface area contributed by atoms with Crippen molar-refractivity contribution in [1.82, 2.24) is 5.32 Å². The molecule has 1 unspecified atom stereocenters. The average Bonchev–Trinajstić information content (AvgIpc) is 2.37. The van der Waals surface area contributed by atoms with Crippen molar-refractivity contribution in [3.05, 3.63) is 33.8 Å². The molecule has 0 aliphatic rings. The van der Waals surface area contributed by atoms with Crippen LogP contribution >= 0.6 is 15.9 Å². The van der Waals surface area contributed by atoms with E-state index in [1.807, 2.05) is 19.1 Å². The number of amides is 1. The minimum absolute atomic E-state index is 0.126. The molecule has 2 N–H and O–H groups in total. The van der Waals surface area contributed by atoms with Crippen molar-refractivity contribution in [2.24, 2.45) is 5.92 Å². The van der Waals surface area contributed by atoms with E-state index in [0.717, 1.165) is 10.0 Å². The molecule has 1 rings (SSSR count). The van der Waals surface area contributed by atoms with Crippen molar-refractivity contribution in [3.8, 4) is 0 Å². The topological polar surface area (TPSA) is 66.4 Å². The van der Waals surface area contributed by atoms with Crippen LogP contribution in [0.15, 0.2) is 22.7 Å². The maximum Gasteiger partial charge on any atom is 0.306 e. The standard InChI is InChI=1S/C14H18BrNO3/c1-9(14(18)19)4-3-7-16-13(17)11-5-6-12(15)10(2)8-11/h5-6,8-9H,3-4,7H2,1-2H3,(H,16,17)(H,18,19). The zero-order valence-corrected chi connectivity index (χ0v) is 12.7. The Labute approximate surface area is 121 Å². The van der Waals surface area contributed by atoms with Crippen LogP contribution in [-0.4, -0.2) is 23.5 Å². The van der Waals surface area contributed by atoms with Gasteiger partial charge in [-0.25, -0.2) is 0 Å². The molecule has 0 heterocycles. The summed E-state index contributed by atoms with van der Waals surface area (Å²) in [4.78, 5) is 22.5. The summed E-state index contributed by atoms with van der Waals surface area (Å²) in [6.07, 6.45) is 1.23. The summed E-state index contributed by atoms with van der Waals surface area (Å²) >= 11 is 3.38. The molecule has 1 atom stereocenters. The lowest BCUT2D eigenvalue weighted by molar-refractivity contribution is -0.141. The Morgan fingerprint density at radius 1 is 1.42 bits per heavy atom. The van der Waals surface area contributed by atoms with Crippen LogP contribution in [0.2, 0.25) is 0 Å². The fourth-order valence-electron chi connectivity index (χ4n) is 1.62. The number of hydrogen-bond acceptors (Lipinski definition) is 2. The molecule has 5 heteroatoms. The highest BCUT2D eigenvalue weighted by Crippen LogP contribution is 2.17. The number of nitrogens with one attached hydrogen (secondary N) is 1. The van der Waals surface area contributed by atoms with Crippen LogP contribution in [0.1, 0.15) is 35.7 Å². The fourth-order valence-corrected chi connectivity index (χ4v) is 1.87. The molecule has 1 amide bonds. The normalized spacial score (nSPS) is 11.9. The van der Waals surface area contributed by atoms with Gasteiger partial charge in [-0.05, 0) is 43.5 Å². The van der Waals surface area contributed by atoms with Gasteiger partial charge in [0.2, 0.25) is 0 Å². The third kappa shape index (κ3) is 5.03. The summed E-state index contributed by atoms with van der Waals surface area (Å²) < 4.78 is 0.972. The fraction of sp³-hybridized carbons (Fsp3) is 0.429. The molecule has 0 saturated heterocycles. The molecule has 0 aliphatic carbocycles. The molecule has 1 aromatic rings. The Morgan fingerprint density at radius 3 is 2.68 bits per heavy atom. The summed E-state index contributed by atoms with van der Waals surface area (Å²) in [6.45, 7) is 4.09. The number of aliphatic carboxylic acids is 1. The first kappa shape index (κ1) is 15.7. The largest absolute Gasteiger partial charge is 0.481 e. The van der Waals surface area contributed by atoms with Gasteiger partial charge in [0.05, 0.1) is 5.92 Å². The summed E-state index contributed by atoms with van der Waals surface area (Å²) in [5, 5.41) is 11.5. The van der Waals surface area contributed by atoms with Crippen LogP contribution in [0.5, 0.6) is 0 Å². The maximum absolute atomic E-state index is 11.8.